The van der Waals surface area contributed by atoms with Crippen LogP contribution in [0.1, 0.15) is 12.5 Å². The quantitative estimate of drug-likeness (QED) is 0.365. The van der Waals surface area contributed by atoms with E-state index in [2.05, 4.69) is 5.16 Å². The second-order valence-electron chi connectivity index (χ2n) is 2.33. The summed E-state index contributed by atoms with van der Waals surface area (Å²) in [5.74, 6) is 0. The fourth-order valence-corrected chi connectivity index (χ4v) is 0.737. The maximum absolute atomic E-state index is 8.56. The second-order valence-corrected chi connectivity index (χ2v) is 2.33. The predicted octanol–water partition coefficient (Wildman–Crippen LogP) is 2.11. The first-order chi connectivity index (χ1) is 6.57. The lowest BCUT2D eigenvalue weighted by Gasteiger charge is -1.94. The van der Waals surface area contributed by atoms with Crippen LogP contribution in [0, 0.1) is 0 Å². The Labute approximate surface area is 80.9 Å². The summed E-state index contributed by atoms with van der Waals surface area (Å²) >= 11 is 0. The molecule has 0 aliphatic heterocycles. The van der Waals surface area contributed by atoms with E-state index in [1.165, 1.54) is 0 Å². The lowest BCUT2D eigenvalue weighted by atomic mass is 10.1. The summed E-state index contributed by atoms with van der Waals surface area (Å²) < 4.78 is 0. The van der Waals surface area contributed by atoms with E-state index >= 15 is 0 Å². The summed E-state index contributed by atoms with van der Waals surface area (Å²) in [4.78, 5) is 8.56. The van der Waals surface area contributed by atoms with Crippen LogP contribution >= 0.6 is 0 Å². The van der Waals surface area contributed by atoms with Gasteiger partial charge >= 0.3 is 6.16 Å². The second kappa shape index (κ2) is 6.47. The van der Waals surface area contributed by atoms with Crippen molar-refractivity contribution in [1.29, 1.82) is 0 Å². The van der Waals surface area contributed by atoms with Gasteiger partial charge in [0.25, 0.3) is 0 Å². The van der Waals surface area contributed by atoms with Crippen molar-refractivity contribution in [1.82, 2.24) is 0 Å². The molecule has 0 unspecified atom stereocenters. The molecule has 0 aliphatic rings. The van der Waals surface area contributed by atoms with Crippen LogP contribution in [0.15, 0.2) is 35.5 Å². The Bertz CT molecular complexity index is 304. The molecule has 0 amide bonds. The fourth-order valence-electron chi connectivity index (χ4n) is 0.737. The van der Waals surface area contributed by atoms with Gasteiger partial charge in [-0.25, -0.2) is 4.79 Å². The number of hydrogen-bond donors (Lipinski definition) is 3. The highest BCUT2D eigenvalue weighted by Crippen LogP contribution is 1.99. The minimum Gasteiger partial charge on any atom is -0.450 e. The monoisotopic (exact) mass is 197 g/mol. The van der Waals surface area contributed by atoms with E-state index in [1.807, 2.05) is 30.3 Å². The Morgan fingerprint density at radius 1 is 1.21 bits per heavy atom. The van der Waals surface area contributed by atoms with Gasteiger partial charge in [-0.05, 0) is 12.5 Å². The highest BCUT2D eigenvalue weighted by molar-refractivity contribution is 5.98. The van der Waals surface area contributed by atoms with E-state index in [0.717, 1.165) is 5.56 Å². The lowest BCUT2D eigenvalue weighted by molar-refractivity contribution is 0.137. The van der Waals surface area contributed by atoms with Crippen LogP contribution in [0.4, 0.5) is 4.79 Å². The lowest BCUT2D eigenvalue weighted by Crippen LogP contribution is -1.92. The maximum Gasteiger partial charge on any atom is 0.503 e. The first-order valence-corrected chi connectivity index (χ1v) is 3.74. The number of carboxylic acid groups (broad SMARTS) is 2. The number of oxime groups is 1. The molecule has 0 radical (unpaired) electrons. The van der Waals surface area contributed by atoms with Crippen molar-refractivity contribution < 1.29 is 20.2 Å². The predicted molar refractivity (Wildman–Crippen MR) is 51.1 cm³/mol. The highest BCUT2D eigenvalue weighted by atomic mass is 16.6. The molecule has 3 N–H and O–H groups in total. The maximum atomic E-state index is 8.56. The summed E-state index contributed by atoms with van der Waals surface area (Å²) in [5, 5.41) is 25.4. The van der Waals surface area contributed by atoms with Crippen molar-refractivity contribution >= 4 is 11.9 Å². The number of hydrogen-bond acceptors (Lipinski definition) is 3. The number of benzene rings is 1. The third-order valence-electron chi connectivity index (χ3n) is 1.34. The molecule has 0 atom stereocenters. The van der Waals surface area contributed by atoms with Crippen LogP contribution in [-0.4, -0.2) is 27.3 Å². The molecule has 14 heavy (non-hydrogen) atoms. The number of carbonyl (C=O) groups is 1. The minimum absolute atomic E-state index is 0.639. The molecule has 0 aromatic heterocycles. The zero-order valence-electron chi connectivity index (χ0n) is 7.58. The third-order valence-corrected chi connectivity index (χ3v) is 1.34. The normalized spacial score (nSPS) is 9.93. The van der Waals surface area contributed by atoms with Gasteiger partial charge in [0.1, 0.15) is 0 Å². The zero-order valence-corrected chi connectivity index (χ0v) is 7.58. The Kier molecular flexibility index (Phi) is 5.53. The van der Waals surface area contributed by atoms with Crippen molar-refractivity contribution in [2.75, 3.05) is 0 Å². The molecule has 0 bridgehead atoms. The highest BCUT2D eigenvalue weighted by Gasteiger charge is 1.92. The van der Waals surface area contributed by atoms with E-state index in [4.69, 9.17) is 20.2 Å². The molecule has 1 aromatic rings. The van der Waals surface area contributed by atoms with Crippen molar-refractivity contribution in [3.8, 4) is 0 Å². The van der Waals surface area contributed by atoms with Gasteiger partial charge in [0.05, 0.1) is 5.71 Å². The minimum atomic E-state index is -1.83. The average Bonchev–Trinajstić information content (AvgIpc) is 2.17. The van der Waals surface area contributed by atoms with E-state index in [-0.39, 0.29) is 0 Å². The summed E-state index contributed by atoms with van der Waals surface area (Å²) in [6, 6.07) is 9.53. The van der Waals surface area contributed by atoms with Gasteiger partial charge in [0, 0.05) is 0 Å². The fraction of sp³-hybridized carbons (Fsp3) is 0.111. The van der Waals surface area contributed by atoms with Gasteiger partial charge in [0.15, 0.2) is 0 Å². The first-order valence-electron chi connectivity index (χ1n) is 3.74. The summed E-state index contributed by atoms with van der Waals surface area (Å²) in [7, 11) is 0. The Hall–Kier alpha value is -2.04. The van der Waals surface area contributed by atoms with Crippen molar-refractivity contribution in [3.05, 3.63) is 35.9 Å². The van der Waals surface area contributed by atoms with Crippen molar-refractivity contribution in [3.63, 3.8) is 0 Å². The topological polar surface area (TPSA) is 90.1 Å². The molecule has 0 fully saturated rings. The Morgan fingerprint density at radius 2 is 1.64 bits per heavy atom. The van der Waals surface area contributed by atoms with Crippen LogP contribution in [-0.2, 0) is 0 Å². The SMILES string of the molecule is C/C(=N\O)c1ccccc1.O=C(O)O. The number of nitrogens with zero attached hydrogens (tertiary/aromatic N) is 1. The molecule has 0 aliphatic carbocycles. The molecule has 1 aromatic carbocycles. The van der Waals surface area contributed by atoms with E-state index in [9.17, 15) is 0 Å². The Morgan fingerprint density at radius 3 is 2.00 bits per heavy atom. The van der Waals surface area contributed by atoms with Gasteiger partial charge in [-0.2, -0.15) is 0 Å². The first kappa shape index (κ1) is 12.0. The summed E-state index contributed by atoms with van der Waals surface area (Å²) in [6.07, 6.45) is -1.83. The van der Waals surface area contributed by atoms with E-state index < -0.39 is 6.16 Å². The molecule has 0 saturated heterocycles. The van der Waals surface area contributed by atoms with Crippen LogP contribution in [0.3, 0.4) is 0 Å². The molecule has 5 nitrogen and oxygen atoms in total. The summed E-state index contributed by atoms with van der Waals surface area (Å²) in [5.41, 5.74) is 1.59. The van der Waals surface area contributed by atoms with Gasteiger partial charge in [-0.1, -0.05) is 35.5 Å². The van der Waals surface area contributed by atoms with Crippen molar-refractivity contribution in [2.24, 2.45) is 5.16 Å². The summed E-state index contributed by atoms with van der Waals surface area (Å²) in [6.45, 7) is 1.76. The average molecular weight is 197 g/mol. The van der Waals surface area contributed by atoms with E-state index in [1.54, 1.807) is 6.92 Å². The molecule has 1 rings (SSSR count). The standard InChI is InChI=1S/C8H9NO.CH2O3/c1-7(9-10)8-5-3-2-4-6-8;2-1(3)4/h2-6,10H,1H3;(H2,2,3,4)/b9-7+;. The van der Waals surface area contributed by atoms with E-state index in [0.29, 0.717) is 5.71 Å². The molecule has 0 saturated carbocycles. The smallest absolute Gasteiger partial charge is 0.450 e. The van der Waals surface area contributed by atoms with Crippen LogP contribution in [0.5, 0.6) is 0 Å². The molecule has 76 valence electrons. The van der Waals surface area contributed by atoms with Crippen molar-refractivity contribution in [2.45, 2.75) is 6.92 Å². The zero-order chi connectivity index (χ0) is 11.0. The largest absolute Gasteiger partial charge is 0.503 e. The van der Waals surface area contributed by atoms with Gasteiger partial charge < -0.3 is 15.4 Å². The van der Waals surface area contributed by atoms with Crippen LogP contribution in [0.2, 0.25) is 0 Å². The Balaban J connectivity index is 0.000000364. The van der Waals surface area contributed by atoms with Gasteiger partial charge in [0.2, 0.25) is 0 Å². The van der Waals surface area contributed by atoms with Crippen LogP contribution < -0.4 is 0 Å². The molecule has 0 heterocycles. The number of rotatable bonds is 1. The van der Waals surface area contributed by atoms with Gasteiger partial charge in [-0.15, -0.1) is 0 Å². The van der Waals surface area contributed by atoms with Gasteiger partial charge in [-0.3, -0.25) is 0 Å². The molecule has 5 heteroatoms. The molecular formula is C9H11NO4. The molecule has 0 spiro atoms. The molecular weight excluding hydrogens is 186 g/mol. The third kappa shape index (κ3) is 5.59. The van der Waals surface area contributed by atoms with Crippen LogP contribution in [0.25, 0.3) is 0 Å².